The molecule has 6 rings (SSSR count). The van der Waals surface area contributed by atoms with Crippen LogP contribution < -0.4 is 34.3 Å². The third-order valence-electron chi connectivity index (χ3n) is 7.79. The Balaban J connectivity index is 0.000000175. The summed E-state index contributed by atoms with van der Waals surface area (Å²) in [6.07, 6.45) is -16.8. The van der Waals surface area contributed by atoms with Crippen LogP contribution in [-0.4, -0.2) is 124 Å². The number of ether oxygens (including phenoxy) is 3. The lowest BCUT2D eigenvalue weighted by Crippen LogP contribution is -2.34. The minimum absolute atomic E-state index is 0.0184. The summed E-state index contributed by atoms with van der Waals surface area (Å²) < 4.78 is 97.5. The Hall–Kier alpha value is -4.66. The summed E-state index contributed by atoms with van der Waals surface area (Å²) in [5.41, 5.74) is 12.9. The summed E-state index contributed by atoms with van der Waals surface area (Å²) >= 11 is 0. The Labute approximate surface area is 286 Å². The van der Waals surface area contributed by atoms with Crippen LogP contribution in [0.4, 0.5) is 43.8 Å². The summed E-state index contributed by atoms with van der Waals surface area (Å²) in [5.74, 6) is -1.65. The second-order valence-corrected chi connectivity index (χ2v) is 11.2. The average Bonchev–Trinajstić information content (AvgIpc) is 3.67. The van der Waals surface area contributed by atoms with E-state index >= 15 is 0 Å². The van der Waals surface area contributed by atoms with Crippen molar-refractivity contribution in [2.45, 2.75) is 74.0 Å². The van der Waals surface area contributed by atoms with E-state index in [1.165, 1.54) is 24.5 Å². The standard InChI is InChI=1S/C9H11F2N3O4.2C9H11F2N3O3/c10-3-1-14(9(17)13-7(3)12)8-5(11)6(16)4(2-15)18-8;2*10-6-4(3-15)17-8(7(6)11)14-2-1-5(12)13-9(14)16/h1,4-6,8,15-16H,2H2,(H2,12,13,17);2*1-2,4,6-8,15H,3H2,(H2,12,13,16)/i10-1;11-1;10-1. The molecule has 6 heterocycles. The second kappa shape index (κ2) is 16.8. The van der Waals surface area contributed by atoms with Gasteiger partial charge in [-0.15, -0.1) is 0 Å². The van der Waals surface area contributed by atoms with Gasteiger partial charge in [0.1, 0.15) is 36.1 Å². The van der Waals surface area contributed by atoms with Gasteiger partial charge in [-0.05, 0) is 12.1 Å². The number of hydrogen-bond donors (Lipinski definition) is 7. The van der Waals surface area contributed by atoms with E-state index in [0.29, 0.717) is 10.8 Å². The van der Waals surface area contributed by atoms with E-state index in [1.807, 2.05) is 0 Å². The molecular weight excluding hydrogens is 721 g/mol. The van der Waals surface area contributed by atoms with Crippen LogP contribution in [-0.2, 0) is 14.2 Å². The predicted octanol–water partition coefficient (Wildman–Crippen LogP) is -2.66. The summed E-state index contributed by atoms with van der Waals surface area (Å²) in [6.45, 7) is -1.94. The third-order valence-corrected chi connectivity index (χ3v) is 7.79. The van der Waals surface area contributed by atoms with Crippen molar-refractivity contribution >= 4 is 17.5 Å². The first-order valence-electron chi connectivity index (χ1n) is 14.9. The number of hydrogen-bond acceptors (Lipinski definition) is 16. The van der Waals surface area contributed by atoms with Crippen molar-refractivity contribution in [2.24, 2.45) is 0 Å². The molecule has 0 bridgehead atoms. The van der Waals surface area contributed by atoms with Gasteiger partial charge in [-0.25, -0.2) is 40.7 Å². The number of alkyl halides is 5. The second-order valence-electron chi connectivity index (χ2n) is 11.2. The van der Waals surface area contributed by atoms with Gasteiger partial charge in [0.2, 0.25) is 0 Å². The number of aromatic nitrogens is 6. The Bertz CT molecular complexity index is 1770. The lowest BCUT2D eigenvalue weighted by Gasteiger charge is -2.15. The van der Waals surface area contributed by atoms with Crippen LogP contribution in [0.5, 0.6) is 0 Å². The SMILES string of the molecule is Nc1ccn(C2OC(CO)C(F)C2[18F])c(=O)n1.Nc1ccn(C2OC(CO)C([18F])C2F)c(=O)n1.Nc1nc(=O)n(C2OC(CO)C(O)C2F)cc1[18F]. The maximum atomic E-state index is 13.7. The Kier molecular flexibility index (Phi) is 12.9. The zero-order chi connectivity index (χ0) is 38.6. The van der Waals surface area contributed by atoms with Gasteiger partial charge in [0, 0.05) is 12.4 Å². The molecule has 3 aromatic heterocycles. The quantitative estimate of drug-likeness (QED) is 0.126. The van der Waals surface area contributed by atoms with E-state index in [0.717, 1.165) is 9.13 Å². The summed E-state index contributed by atoms with van der Waals surface area (Å²) in [6, 6.07) is 2.55. The molecule has 3 fully saturated rings. The van der Waals surface area contributed by atoms with Crippen molar-refractivity contribution in [2.75, 3.05) is 37.0 Å². The van der Waals surface area contributed by atoms with Crippen LogP contribution >= 0.6 is 0 Å². The number of anilines is 3. The maximum Gasteiger partial charge on any atom is 0.351 e. The molecule has 0 saturated carbocycles. The van der Waals surface area contributed by atoms with Crippen LogP contribution in [0.3, 0.4) is 0 Å². The van der Waals surface area contributed by atoms with Crippen LogP contribution in [0.25, 0.3) is 0 Å². The van der Waals surface area contributed by atoms with Crippen molar-refractivity contribution in [1.82, 2.24) is 28.7 Å². The first-order valence-corrected chi connectivity index (χ1v) is 14.9. The van der Waals surface area contributed by atoms with E-state index < -0.39 is 122 Å². The minimum Gasteiger partial charge on any atom is -0.394 e. The Morgan fingerprint density at radius 2 is 1.00 bits per heavy atom. The molecule has 10 N–H and O–H groups in total. The van der Waals surface area contributed by atoms with Crippen molar-refractivity contribution in [1.29, 1.82) is 0 Å². The lowest BCUT2D eigenvalue weighted by molar-refractivity contribution is -0.0494. The lowest BCUT2D eigenvalue weighted by atomic mass is 10.1. The van der Waals surface area contributed by atoms with Gasteiger partial charge in [0.05, 0.1) is 26.0 Å². The number of rotatable bonds is 6. The molecule has 288 valence electrons. The van der Waals surface area contributed by atoms with E-state index in [-0.39, 0.29) is 11.6 Å². The molecule has 0 radical (unpaired) electrons. The number of nitrogens with zero attached hydrogens (tertiary/aromatic N) is 6. The average molecular weight is 755 g/mol. The highest BCUT2D eigenvalue weighted by atomic mass is 19.1. The molecule has 3 aromatic rings. The number of nitrogen functional groups attached to an aromatic ring is 3. The molecule has 3 aliphatic rings. The highest BCUT2D eigenvalue weighted by Crippen LogP contribution is 2.34. The molecule has 52 heavy (non-hydrogen) atoms. The van der Waals surface area contributed by atoms with Crippen LogP contribution in [0.1, 0.15) is 18.7 Å². The molecule has 25 heteroatoms. The predicted molar refractivity (Wildman–Crippen MR) is 162 cm³/mol. The summed E-state index contributed by atoms with van der Waals surface area (Å²) in [5, 5.41) is 35.8. The van der Waals surface area contributed by atoms with Gasteiger partial charge >= 0.3 is 17.1 Å². The van der Waals surface area contributed by atoms with E-state index in [2.05, 4.69) is 15.0 Å². The van der Waals surface area contributed by atoms with E-state index in [1.54, 1.807) is 0 Å². The van der Waals surface area contributed by atoms with Gasteiger partial charge < -0.3 is 51.8 Å². The smallest absolute Gasteiger partial charge is 0.351 e. The van der Waals surface area contributed by atoms with Crippen molar-refractivity contribution in [3.8, 4) is 0 Å². The number of aliphatic hydroxyl groups excluding tert-OH is 4. The zero-order valence-electron chi connectivity index (χ0n) is 26.4. The molecule has 12 atom stereocenters. The molecule has 0 aliphatic carbocycles. The Morgan fingerprint density at radius 1 is 0.615 bits per heavy atom. The maximum absolute atomic E-state index is 13.7. The van der Waals surface area contributed by atoms with Crippen molar-refractivity contribution in [3.63, 3.8) is 0 Å². The highest BCUT2D eigenvalue weighted by molar-refractivity contribution is 5.27. The number of nitrogens with two attached hydrogens (primary N) is 3. The van der Waals surface area contributed by atoms with Crippen molar-refractivity contribution < 1.29 is 61.0 Å². The Morgan fingerprint density at radius 3 is 1.37 bits per heavy atom. The number of halogens is 6. The fourth-order valence-corrected chi connectivity index (χ4v) is 5.07. The van der Waals surface area contributed by atoms with Gasteiger partial charge in [-0.1, -0.05) is 0 Å². The molecular formula is C27H33F6N9O10. The van der Waals surface area contributed by atoms with Crippen molar-refractivity contribution in [3.05, 3.63) is 68.0 Å². The van der Waals surface area contributed by atoms with Crippen LogP contribution in [0.2, 0.25) is 0 Å². The number of aliphatic hydroxyl groups is 4. The molecule has 0 amide bonds. The summed E-state index contributed by atoms with van der Waals surface area (Å²) in [4.78, 5) is 44.2. The van der Waals surface area contributed by atoms with Gasteiger partial charge in [-0.2, -0.15) is 15.0 Å². The topological polar surface area (TPSA) is 291 Å². The molecule has 3 aliphatic heterocycles. The molecule has 0 spiro atoms. The van der Waals surface area contributed by atoms with Gasteiger partial charge in [0.15, 0.2) is 61.2 Å². The van der Waals surface area contributed by atoms with Crippen LogP contribution in [0.15, 0.2) is 45.1 Å². The van der Waals surface area contributed by atoms with Crippen LogP contribution in [0, 0.1) is 5.82 Å². The normalized spacial score (nSPS) is 32.5. The first-order chi connectivity index (χ1) is 24.5. The molecule has 0 aromatic carbocycles. The highest BCUT2D eigenvalue weighted by Gasteiger charge is 2.48. The van der Waals surface area contributed by atoms with E-state index in [4.69, 9.17) is 46.7 Å². The third kappa shape index (κ3) is 8.35. The molecule has 3 saturated heterocycles. The first kappa shape index (κ1) is 40.1. The largest absolute Gasteiger partial charge is 0.394 e. The van der Waals surface area contributed by atoms with Gasteiger partial charge in [0.25, 0.3) is 0 Å². The summed E-state index contributed by atoms with van der Waals surface area (Å²) in [7, 11) is 0. The van der Waals surface area contributed by atoms with Gasteiger partial charge in [-0.3, -0.25) is 13.7 Å². The minimum atomic E-state index is -2.03. The molecule has 12 unspecified atom stereocenters. The fourth-order valence-electron chi connectivity index (χ4n) is 5.07. The van der Waals surface area contributed by atoms with E-state index in [9.17, 15) is 45.8 Å². The monoisotopic (exact) mass is 754 g/mol. The zero-order valence-corrected chi connectivity index (χ0v) is 26.4. The fraction of sp³-hybridized carbons (Fsp3) is 0.556. The molecule has 19 nitrogen and oxygen atoms in total.